The van der Waals surface area contributed by atoms with Gasteiger partial charge >= 0.3 is 6.03 Å². The number of urea groups is 1. The number of fused-ring (bicyclic) bond motifs is 1. The third kappa shape index (κ3) is 5.94. The lowest BCUT2D eigenvalue weighted by Gasteiger charge is -2.16. The van der Waals surface area contributed by atoms with Crippen molar-refractivity contribution in [2.75, 3.05) is 23.7 Å². The van der Waals surface area contributed by atoms with Crippen molar-refractivity contribution < 1.29 is 4.79 Å². The average Bonchev–Trinajstić information content (AvgIpc) is 2.70. The molecule has 31 heavy (non-hydrogen) atoms. The molecule has 1 aromatic carbocycles. The molecule has 0 fully saturated rings. The normalized spacial score (nSPS) is 11.0. The molecule has 3 aromatic rings. The molecule has 2 heterocycles. The molecular weight excluding hydrogens is 437 g/mol. The van der Waals surface area contributed by atoms with Gasteiger partial charge in [-0.1, -0.05) is 29.3 Å². The largest absolute Gasteiger partial charge is 0.354 e. The van der Waals surface area contributed by atoms with Crippen LogP contribution in [0.3, 0.4) is 0 Å². The van der Waals surface area contributed by atoms with Crippen molar-refractivity contribution in [3.63, 3.8) is 0 Å². The first-order chi connectivity index (χ1) is 14.9. The molecule has 0 saturated heterocycles. The summed E-state index contributed by atoms with van der Waals surface area (Å²) < 4.78 is 0. The molecule has 10 heteroatoms. The number of hydrogen-bond acceptors (Lipinski definition) is 6. The third-order valence-corrected chi connectivity index (χ3v) is 5.00. The summed E-state index contributed by atoms with van der Waals surface area (Å²) in [5.74, 6) is 0.756. The van der Waals surface area contributed by atoms with E-state index in [1.807, 2.05) is 19.9 Å². The third-order valence-electron chi connectivity index (χ3n) is 4.37. The summed E-state index contributed by atoms with van der Waals surface area (Å²) in [5.41, 5.74) is 7.11. The average molecular weight is 462 g/mol. The van der Waals surface area contributed by atoms with Gasteiger partial charge in [-0.3, -0.25) is 5.32 Å². The second-order valence-corrected chi connectivity index (χ2v) is 8.08. The van der Waals surface area contributed by atoms with Crippen LogP contribution in [0.2, 0.25) is 10.0 Å². The number of nitrogens with two attached hydrogens (primary N) is 1. The van der Waals surface area contributed by atoms with Crippen molar-refractivity contribution >= 4 is 52.0 Å². The van der Waals surface area contributed by atoms with E-state index in [2.05, 4.69) is 30.9 Å². The van der Waals surface area contributed by atoms with E-state index in [4.69, 9.17) is 28.9 Å². The van der Waals surface area contributed by atoms with Crippen LogP contribution in [0, 0.1) is 0 Å². The van der Waals surface area contributed by atoms with Crippen molar-refractivity contribution in [2.45, 2.75) is 32.7 Å². The van der Waals surface area contributed by atoms with Crippen molar-refractivity contribution in [1.82, 2.24) is 20.3 Å². The molecule has 0 aliphatic heterocycles. The second kappa shape index (κ2) is 10.6. The topological polar surface area (TPSA) is 118 Å². The van der Waals surface area contributed by atoms with Crippen molar-refractivity contribution in [1.29, 1.82) is 0 Å². The Balaban J connectivity index is 2.04. The highest BCUT2D eigenvalue weighted by Crippen LogP contribution is 2.39. The first-order valence-electron chi connectivity index (χ1n) is 10.0. The zero-order chi connectivity index (χ0) is 22.4. The number of amides is 2. The van der Waals surface area contributed by atoms with Crippen LogP contribution in [0.25, 0.3) is 22.2 Å². The lowest BCUT2D eigenvalue weighted by atomic mass is 10.0. The minimum absolute atomic E-state index is 0.0422. The number of aromatic nitrogens is 3. The standard InChI is InChI=1S/C21H25Cl2N7O/c1-12(2)27-21(31)30-19-14(17-15(22)6-5-7-16(17)23)10-13-11-26-20(29-18(13)28-19)25-9-4-3-8-24/h5-7,10-12H,3-4,8-9,24H2,1-2H3,(H3,25,26,27,28,29,30,31). The minimum Gasteiger partial charge on any atom is -0.354 e. The van der Waals surface area contributed by atoms with Crippen LogP contribution in [-0.4, -0.2) is 40.1 Å². The minimum atomic E-state index is -0.388. The van der Waals surface area contributed by atoms with E-state index in [9.17, 15) is 4.79 Å². The lowest BCUT2D eigenvalue weighted by Crippen LogP contribution is -2.34. The summed E-state index contributed by atoms with van der Waals surface area (Å²) in [6.07, 6.45) is 3.50. The molecule has 3 rings (SSSR count). The van der Waals surface area contributed by atoms with Crippen LogP contribution >= 0.6 is 23.2 Å². The van der Waals surface area contributed by atoms with Gasteiger partial charge in [0.25, 0.3) is 0 Å². The summed E-state index contributed by atoms with van der Waals surface area (Å²) in [6.45, 7) is 5.09. The Morgan fingerprint density at radius 1 is 1.16 bits per heavy atom. The molecule has 8 nitrogen and oxygen atoms in total. The van der Waals surface area contributed by atoms with Crippen LogP contribution < -0.4 is 21.7 Å². The molecule has 0 spiro atoms. The number of pyridine rings is 1. The van der Waals surface area contributed by atoms with Gasteiger partial charge in [0.2, 0.25) is 5.95 Å². The number of nitrogens with zero attached hydrogens (tertiary/aromatic N) is 3. The summed E-state index contributed by atoms with van der Waals surface area (Å²) in [4.78, 5) is 25.8. The SMILES string of the molecule is CC(C)NC(=O)Nc1nc2nc(NCCCCN)ncc2cc1-c1c(Cl)cccc1Cl. The maximum atomic E-state index is 12.4. The molecule has 0 aliphatic rings. The monoisotopic (exact) mass is 461 g/mol. The molecule has 2 aromatic heterocycles. The zero-order valence-corrected chi connectivity index (χ0v) is 18.9. The Kier molecular flexibility index (Phi) is 7.84. The molecule has 0 unspecified atom stereocenters. The van der Waals surface area contributed by atoms with Crippen molar-refractivity contribution in [3.8, 4) is 11.1 Å². The molecular formula is C21H25Cl2N7O. The smallest absolute Gasteiger partial charge is 0.320 e. The van der Waals surface area contributed by atoms with Gasteiger partial charge in [0.05, 0.1) is 10.0 Å². The summed E-state index contributed by atoms with van der Waals surface area (Å²) in [5, 5.41) is 10.3. The van der Waals surface area contributed by atoms with E-state index >= 15 is 0 Å². The number of halogens is 2. The van der Waals surface area contributed by atoms with Gasteiger partial charge in [-0.2, -0.15) is 4.98 Å². The van der Waals surface area contributed by atoms with E-state index in [-0.39, 0.29) is 12.1 Å². The molecule has 0 atom stereocenters. The number of benzene rings is 1. The maximum Gasteiger partial charge on any atom is 0.320 e. The summed E-state index contributed by atoms with van der Waals surface area (Å²) in [6, 6.07) is 6.61. The van der Waals surface area contributed by atoms with Crippen LogP contribution in [0.5, 0.6) is 0 Å². The predicted molar refractivity (Wildman–Crippen MR) is 127 cm³/mol. The number of nitrogens with one attached hydrogen (secondary N) is 3. The van der Waals surface area contributed by atoms with Crippen molar-refractivity contribution in [2.24, 2.45) is 5.73 Å². The van der Waals surface area contributed by atoms with Gasteiger partial charge in [-0.05, 0) is 51.4 Å². The Morgan fingerprint density at radius 3 is 2.58 bits per heavy atom. The zero-order valence-electron chi connectivity index (χ0n) is 17.4. The fraction of sp³-hybridized carbons (Fsp3) is 0.333. The second-order valence-electron chi connectivity index (χ2n) is 7.26. The Labute approximate surface area is 191 Å². The van der Waals surface area contributed by atoms with Crippen LogP contribution in [-0.2, 0) is 0 Å². The molecule has 0 aliphatic carbocycles. The van der Waals surface area contributed by atoms with E-state index in [0.717, 1.165) is 12.8 Å². The molecule has 5 N–H and O–H groups in total. The van der Waals surface area contributed by atoms with Crippen LogP contribution in [0.4, 0.5) is 16.6 Å². The summed E-state index contributed by atoms with van der Waals surface area (Å²) >= 11 is 12.9. The number of carbonyl (C=O) groups excluding carboxylic acids is 1. The van der Waals surface area contributed by atoms with Crippen molar-refractivity contribution in [3.05, 3.63) is 40.5 Å². The van der Waals surface area contributed by atoms with Crippen LogP contribution in [0.1, 0.15) is 26.7 Å². The van der Waals surface area contributed by atoms with Gasteiger partial charge in [0.1, 0.15) is 5.82 Å². The number of rotatable bonds is 8. The number of anilines is 2. The molecule has 164 valence electrons. The number of unbranched alkanes of at least 4 members (excludes halogenated alkanes) is 1. The van der Waals surface area contributed by atoms with E-state index in [0.29, 0.717) is 57.1 Å². The van der Waals surface area contributed by atoms with Gasteiger partial charge < -0.3 is 16.4 Å². The van der Waals surface area contributed by atoms with E-state index in [1.54, 1.807) is 24.4 Å². The number of hydrogen-bond donors (Lipinski definition) is 4. The first kappa shape index (κ1) is 23.0. The van der Waals surface area contributed by atoms with Gasteiger partial charge in [0, 0.05) is 35.3 Å². The van der Waals surface area contributed by atoms with E-state index < -0.39 is 0 Å². The predicted octanol–water partition coefficient (Wildman–Crippen LogP) is 4.68. The molecule has 0 saturated carbocycles. The van der Waals surface area contributed by atoms with Gasteiger partial charge in [-0.25, -0.2) is 14.8 Å². The maximum absolute atomic E-state index is 12.4. The highest BCUT2D eigenvalue weighted by molar-refractivity contribution is 6.39. The van der Waals surface area contributed by atoms with E-state index in [1.165, 1.54) is 0 Å². The summed E-state index contributed by atoms with van der Waals surface area (Å²) in [7, 11) is 0. The molecule has 0 bridgehead atoms. The van der Waals surface area contributed by atoms with Gasteiger partial charge in [-0.15, -0.1) is 0 Å². The number of carbonyl (C=O) groups is 1. The fourth-order valence-corrected chi connectivity index (χ4v) is 3.57. The highest BCUT2D eigenvalue weighted by Gasteiger charge is 2.18. The molecule has 2 amide bonds. The Bertz CT molecular complexity index is 1050. The highest BCUT2D eigenvalue weighted by atomic mass is 35.5. The van der Waals surface area contributed by atoms with Gasteiger partial charge in [0.15, 0.2) is 5.65 Å². The quantitative estimate of drug-likeness (QED) is 0.361. The fourth-order valence-electron chi connectivity index (χ4n) is 2.96. The Hall–Kier alpha value is -2.68. The van der Waals surface area contributed by atoms with Crippen LogP contribution in [0.15, 0.2) is 30.5 Å². The lowest BCUT2D eigenvalue weighted by molar-refractivity contribution is 0.250. The Morgan fingerprint density at radius 2 is 1.90 bits per heavy atom. The first-order valence-corrected chi connectivity index (χ1v) is 10.8. The molecule has 0 radical (unpaired) electrons.